The zero-order valence-electron chi connectivity index (χ0n) is 8.61. The molecule has 0 saturated heterocycles. The minimum Gasteiger partial charge on any atom is -0.296 e. The maximum absolute atomic E-state index is 4.60. The molecule has 14 heavy (non-hydrogen) atoms. The molecule has 2 heteroatoms. The Morgan fingerprint density at radius 3 is 2.79 bits per heavy atom. The van der Waals surface area contributed by atoms with Gasteiger partial charge in [-0.2, -0.15) is 5.10 Å². The maximum Gasteiger partial charge on any atom is 0.0695 e. The van der Waals surface area contributed by atoms with Gasteiger partial charge in [0.25, 0.3) is 0 Å². The minimum atomic E-state index is 1.08. The summed E-state index contributed by atoms with van der Waals surface area (Å²) in [6.45, 7) is 4.35. The van der Waals surface area contributed by atoms with E-state index in [1.165, 1.54) is 17.7 Å². The van der Waals surface area contributed by atoms with Crippen molar-refractivity contribution in [3.05, 3.63) is 35.9 Å². The number of benzene rings is 1. The van der Waals surface area contributed by atoms with E-state index < -0.39 is 0 Å². The van der Waals surface area contributed by atoms with Crippen LogP contribution in [0.2, 0.25) is 0 Å². The van der Waals surface area contributed by atoms with Gasteiger partial charge in [0.15, 0.2) is 0 Å². The average Bonchev–Trinajstić information content (AvgIpc) is 2.68. The summed E-state index contributed by atoms with van der Waals surface area (Å²) in [5.74, 6) is 0. The highest BCUT2D eigenvalue weighted by Gasteiger charge is 2.14. The molecule has 74 valence electrons. The van der Waals surface area contributed by atoms with Gasteiger partial charge in [-0.05, 0) is 12.0 Å². The van der Waals surface area contributed by atoms with Crippen molar-refractivity contribution in [2.45, 2.75) is 19.8 Å². The molecule has 0 N–H and O–H groups in total. The van der Waals surface area contributed by atoms with Crippen molar-refractivity contribution in [3.63, 3.8) is 0 Å². The molecule has 2 rings (SSSR count). The number of nitrogens with zero attached hydrogens (tertiary/aromatic N) is 2. The summed E-state index contributed by atoms with van der Waals surface area (Å²) in [5, 5.41) is 6.77. The predicted octanol–water partition coefficient (Wildman–Crippen LogP) is 2.51. The summed E-state index contributed by atoms with van der Waals surface area (Å²) >= 11 is 0. The molecule has 2 nitrogen and oxygen atoms in total. The van der Waals surface area contributed by atoms with E-state index in [0.29, 0.717) is 0 Å². The molecule has 0 aromatic heterocycles. The van der Waals surface area contributed by atoms with Gasteiger partial charge >= 0.3 is 0 Å². The second-order valence-corrected chi connectivity index (χ2v) is 3.62. The molecule has 0 unspecified atom stereocenters. The number of hydrogen-bond donors (Lipinski definition) is 0. The van der Waals surface area contributed by atoms with E-state index >= 15 is 0 Å². The summed E-state index contributed by atoms with van der Waals surface area (Å²) in [6.07, 6.45) is 2.26. The SMILES string of the molecule is CCCN1CCC(c2ccccc2)=N1. The van der Waals surface area contributed by atoms with Gasteiger partial charge in [0.05, 0.1) is 5.71 Å². The normalized spacial score (nSPS) is 15.8. The molecule has 0 saturated carbocycles. The molecule has 0 radical (unpaired) electrons. The van der Waals surface area contributed by atoms with E-state index in [4.69, 9.17) is 0 Å². The van der Waals surface area contributed by atoms with Gasteiger partial charge in [0.1, 0.15) is 0 Å². The van der Waals surface area contributed by atoms with Crippen LogP contribution in [0.3, 0.4) is 0 Å². The Morgan fingerprint density at radius 1 is 1.29 bits per heavy atom. The first-order chi connectivity index (χ1) is 6.90. The second kappa shape index (κ2) is 4.27. The third kappa shape index (κ3) is 1.95. The zero-order valence-corrected chi connectivity index (χ0v) is 8.61. The Kier molecular flexibility index (Phi) is 2.82. The fraction of sp³-hybridized carbons (Fsp3) is 0.417. The Morgan fingerprint density at radius 2 is 2.07 bits per heavy atom. The van der Waals surface area contributed by atoms with Crippen LogP contribution < -0.4 is 0 Å². The second-order valence-electron chi connectivity index (χ2n) is 3.62. The van der Waals surface area contributed by atoms with Crippen molar-refractivity contribution in [2.24, 2.45) is 5.10 Å². The molecular weight excluding hydrogens is 172 g/mol. The highest BCUT2D eigenvalue weighted by molar-refractivity contribution is 6.01. The van der Waals surface area contributed by atoms with Crippen LogP contribution >= 0.6 is 0 Å². The van der Waals surface area contributed by atoms with E-state index in [9.17, 15) is 0 Å². The molecule has 1 heterocycles. The summed E-state index contributed by atoms with van der Waals surface area (Å²) in [6, 6.07) is 10.5. The molecule has 1 aliphatic heterocycles. The smallest absolute Gasteiger partial charge is 0.0695 e. The maximum atomic E-state index is 4.60. The Labute approximate surface area is 85.2 Å². The van der Waals surface area contributed by atoms with Gasteiger partial charge in [-0.15, -0.1) is 0 Å². The van der Waals surface area contributed by atoms with Gasteiger partial charge in [0.2, 0.25) is 0 Å². The van der Waals surface area contributed by atoms with Crippen LogP contribution in [0.25, 0.3) is 0 Å². The van der Waals surface area contributed by atoms with Crippen LogP contribution in [0.5, 0.6) is 0 Å². The zero-order chi connectivity index (χ0) is 9.80. The number of hydrazone groups is 1. The van der Waals surface area contributed by atoms with Gasteiger partial charge < -0.3 is 0 Å². The largest absolute Gasteiger partial charge is 0.296 e. The Balaban J connectivity index is 2.10. The lowest BCUT2D eigenvalue weighted by molar-refractivity contribution is 0.319. The van der Waals surface area contributed by atoms with Gasteiger partial charge in [-0.3, -0.25) is 5.01 Å². The monoisotopic (exact) mass is 188 g/mol. The number of hydrogen-bond acceptors (Lipinski definition) is 2. The average molecular weight is 188 g/mol. The van der Waals surface area contributed by atoms with Crippen molar-refractivity contribution in [2.75, 3.05) is 13.1 Å². The third-order valence-corrected chi connectivity index (χ3v) is 2.46. The molecule has 0 aliphatic carbocycles. The van der Waals surface area contributed by atoms with E-state index in [1.54, 1.807) is 0 Å². The van der Waals surface area contributed by atoms with Crippen LogP contribution in [0.4, 0.5) is 0 Å². The molecule has 1 aromatic carbocycles. The molecule has 0 amide bonds. The number of rotatable bonds is 3. The first-order valence-electron chi connectivity index (χ1n) is 5.28. The lowest BCUT2D eigenvalue weighted by Gasteiger charge is -2.10. The van der Waals surface area contributed by atoms with Crippen LogP contribution in [-0.2, 0) is 0 Å². The van der Waals surface area contributed by atoms with Crippen LogP contribution in [-0.4, -0.2) is 23.8 Å². The molecule has 0 fully saturated rings. The predicted molar refractivity (Wildman–Crippen MR) is 59.5 cm³/mol. The fourth-order valence-electron chi connectivity index (χ4n) is 1.76. The molecular formula is C12H16N2. The van der Waals surface area contributed by atoms with Crippen LogP contribution in [0.1, 0.15) is 25.3 Å². The van der Waals surface area contributed by atoms with Crippen LogP contribution in [0.15, 0.2) is 35.4 Å². The molecule has 0 bridgehead atoms. The summed E-state index contributed by atoms with van der Waals surface area (Å²) in [7, 11) is 0. The van der Waals surface area contributed by atoms with Gasteiger partial charge in [-0.1, -0.05) is 37.3 Å². The summed E-state index contributed by atoms with van der Waals surface area (Å²) < 4.78 is 0. The fourth-order valence-corrected chi connectivity index (χ4v) is 1.76. The molecule has 0 spiro atoms. The highest BCUT2D eigenvalue weighted by atomic mass is 15.5. The van der Waals surface area contributed by atoms with E-state index in [-0.39, 0.29) is 0 Å². The van der Waals surface area contributed by atoms with Crippen LogP contribution in [0, 0.1) is 0 Å². The molecule has 0 atom stereocenters. The van der Waals surface area contributed by atoms with Crippen molar-refractivity contribution in [1.82, 2.24) is 5.01 Å². The van der Waals surface area contributed by atoms with Gasteiger partial charge in [0, 0.05) is 19.5 Å². The third-order valence-electron chi connectivity index (χ3n) is 2.46. The van der Waals surface area contributed by atoms with Crippen molar-refractivity contribution in [1.29, 1.82) is 0 Å². The first kappa shape index (κ1) is 9.25. The molecule has 1 aromatic rings. The van der Waals surface area contributed by atoms with E-state index in [0.717, 1.165) is 19.5 Å². The van der Waals surface area contributed by atoms with Gasteiger partial charge in [-0.25, -0.2) is 0 Å². The minimum absolute atomic E-state index is 1.08. The Bertz CT molecular complexity index is 316. The van der Waals surface area contributed by atoms with Crippen molar-refractivity contribution in [3.8, 4) is 0 Å². The van der Waals surface area contributed by atoms with Crippen molar-refractivity contribution >= 4 is 5.71 Å². The topological polar surface area (TPSA) is 15.6 Å². The summed E-state index contributed by atoms with van der Waals surface area (Å²) in [5.41, 5.74) is 2.50. The van der Waals surface area contributed by atoms with Crippen molar-refractivity contribution < 1.29 is 0 Å². The lowest BCUT2D eigenvalue weighted by Crippen LogP contribution is -2.14. The Hall–Kier alpha value is -1.31. The first-order valence-corrected chi connectivity index (χ1v) is 5.28. The molecule has 1 aliphatic rings. The van der Waals surface area contributed by atoms with E-state index in [2.05, 4.69) is 41.3 Å². The lowest BCUT2D eigenvalue weighted by atomic mass is 10.1. The standard InChI is InChI=1S/C12H16N2/c1-2-9-14-10-8-12(13-14)11-6-4-3-5-7-11/h3-7H,2,8-10H2,1H3. The highest BCUT2D eigenvalue weighted by Crippen LogP contribution is 2.13. The quantitative estimate of drug-likeness (QED) is 0.711. The van der Waals surface area contributed by atoms with E-state index in [1.807, 2.05) is 6.07 Å². The summed E-state index contributed by atoms with van der Waals surface area (Å²) in [4.78, 5) is 0.